The summed E-state index contributed by atoms with van der Waals surface area (Å²) in [6.07, 6.45) is 5.28. The molecule has 1 atom stereocenters. The van der Waals surface area contributed by atoms with Crippen LogP contribution in [0.1, 0.15) is 48.0 Å². The Hall–Kier alpha value is -1.01. The molecule has 1 saturated heterocycles. The van der Waals surface area contributed by atoms with Gasteiger partial charge < -0.3 is 10.6 Å². The lowest BCUT2D eigenvalue weighted by Crippen LogP contribution is -2.30. The van der Waals surface area contributed by atoms with Gasteiger partial charge in [-0.2, -0.15) is 0 Å². The predicted octanol–water partition coefficient (Wildman–Crippen LogP) is 1.36. The highest BCUT2D eigenvalue weighted by molar-refractivity contribution is 7.08. The van der Waals surface area contributed by atoms with E-state index in [0.29, 0.717) is 10.9 Å². The van der Waals surface area contributed by atoms with Gasteiger partial charge in [-0.25, -0.2) is 0 Å². The van der Waals surface area contributed by atoms with Crippen LogP contribution in [-0.4, -0.2) is 34.6 Å². The Labute approximate surface area is 112 Å². The van der Waals surface area contributed by atoms with Crippen molar-refractivity contribution < 1.29 is 4.79 Å². The summed E-state index contributed by atoms with van der Waals surface area (Å²) in [4.78, 5) is 12.7. The number of hydrogen-bond donors (Lipinski definition) is 2. The van der Waals surface area contributed by atoms with Gasteiger partial charge in [0.25, 0.3) is 5.91 Å². The minimum Gasteiger partial charge on any atom is -0.351 e. The zero-order valence-electron chi connectivity index (χ0n) is 10.7. The normalized spacial score (nSPS) is 19.1. The Morgan fingerprint density at radius 1 is 1.61 bits per heavy atom. The molecule has 100 valence electrons. The summed E-state index contributed by atoms with van der Waals surface area (Å²) < 4.78 is 3.87. The van der Waals surface area contributed by atoms with Crippen molar-refractivity contribution in [2.75, 3.05) is 13.1 Å². The lowest BCUT2D eigenvalue weighted by atomic mass is 10.1. The monoisotopic (exact) mass is 268 g/mol. The second-order valence-corrected chi connectivity index (χ2v) is 5.39. The Morgan fingerprint density at radius 3 is 3.22 bits per heavy atom. The van der Waals surface area contributed by atoms with Gasteiger partial charge in [0.1, 0.15) is 4.88 Å². The maximum absolute atomic E-state index is 12.0. The standard InChI is InChI=1S/C12H20N4OS/c1-2-4-10-11(18-16-15-10)12(17)14-8-6-9-5-3-7-13-9/h9,13H,2-8H2,1H3,(H,14,17). The fourth-order valence-corrected chi connectivity index (χ4v) is 2.85. The van der Waals surface area contributed by atoms with Crippen LogP contribution in [0.25, 0.3) is 0 Å². The fraction of sp³-hybridized carbons (Fsp3) is 0.750. The van der Waals surface area contributed by atoms with Crippen molar-refractivity contribution in [1.29, 1.82) is 0 Å². The molecule has 0 radical (unpaired) electrons. The van der Waals surface area contributed by atoms with Crippen molar-refractivity contribution in [3.05, 3.63) is 10.6 Å². The molecule has 1 aliphatic rings. The lowest BCUT2D eigenvalue weighted by molar-refractivity contribution is 0.0955. The maximum Gasteiger partial charge on any atom is 0.264 e. The fourth-order valence-electron chi connectivity index (χ4n) is 2.22. The van der Waals surface area contributed by atoms with E-state index >= 15 is 0 Å². The number of carbonyl (C=O) groups is 1. The average Bonchev–Trinajstić information content (AvgIpc) is 3.00. The summed E-state index contributed by atoms with van der Waals surface area (Å²) in [5.41, 5.74) is 0.832. The molecule has 1 aliphatic heterocycles. The molecule has 18 heavy (non-hydrogen) atoms. The zero-order valence-corrected chi connectivity index (χ0v) is 11.6. The molecule has 0 bridgehead atoms. The number of rotatable bonds is 6. The van der Waals surface area contributed by atoms with Crippen LogP contribution in [0.3, 0.4) is 0 Å². The summed E-state index contributed by atoms with van der Waals surface area (Å²) in [6.45, 7) is 3.91. The first-order chi connectivity index (χ1) is 8.81. The summed E-state index contributed by atoms with van der Waals surface area (Å²) >= 11 is 1.19. The van der Waals surface area contributed by atoms with E-state index in [1.807, 2.05) is 0 Å². The van der Waals surface area contributed by atoms with E-state index < -0.39 is 0 Å². The smallest absolute Gasteiger partial charge is 0.264 e. The molecule has 1 unspecified atom stereocenters. The van der Waals surface area contributed by atoms with Crippen LogP contribution in [0.15, 0.2) is 0 Å². The van der Waals surface area contributed by atoms with Gasteiger partial charge in [-0.05, 0) is 43.8 Å². The molecule has 1 fully saturated rings. The first-order valence-corrected chi connectivity index (χ1v) is 7.41. The number of carbonyl (C=O) groups excluding carboxylic acids is 1. The Bertz CT molecular complexity index is 387. The minimum atomic E-state index is -0.0218. The maximum atomic E-state index is 12.0. The summed E-state index contributed by atoms with van der Waals surface area (Å²) in [6, 6.07) is 0.569. The Kier molecular flexibility index (Phi) is 5.07. The van der Waals surface area contributed by atoms with Gasteiger partial charge in [-0.3, -0.25) is 4.79 Å². The third kappa shape index (κ3) is 3.49. The molecule has 2 rings (SSSR count). The van der Waals surface area contributed by atoms with E-state index in [9.17, 15) is 4.79 Å². The number of aryl methyl sites for hydroxylation is 1. The van der Waals surface area contributed by atoms with E-state index in [4.69, 9.17) is 0 Å². The minimum absolute atomic E-state index is 0.0218. The van der Waals surface area contributed by atoms with Gasteiger partial charge in [-0.15, -0.1) is 5.10 Å². The zero-order chi connectivity index (χ0) is 12.8. The SMILES string of the molecule is CCCc1nnsc1C(=O)NCCC1CCCN1. The van der Waals surface area contributed by atoms with Crippen LogP contribution in [0.4, 0.5) is 0 Å². The second-order valence-electron chi connectivity index (χ2n) is 4.64. The number of aromatic nitrogens is 2. The topological polar surface area (TPSA) is 66.9 Å². The second kappa shape index (κ2) is 6.80. The van der Waals surface area contributed by atoms with Crippen LogP contribution in [0.2, 0.25) is 0 Å². The number of nitrogens with one attached hydrogen (secondary N) is 2. The number of hydrogen-bond acceptors (Lipinski definition) is 5. The van der Waals surface area contributed by atoms with Gasteiger partial charge >= 0.3 is 0 Å². The third-order valence-corrected chi connectivity index (χ3v) is 3.96. The van der Waals surface area contributed by atoms with Crippen molar-refractivity contribution in [3.63, 3.8) is 0 Å². The van der Waals surface area contributed by atoms with Gasteiger partial charge in [0.05, 0.1) is 5.69 Å². The van der Waals surface area contributed by atoms with Crippen molar-refractivity contribution in [2.45, 2.75) is 45.1 Å². The molecule has 0 spiro atoms. The van der Waals surface area contributed by atoms with Crippen LogP contribution in [0.5, 0.6) is 0 Å². The molecule has 0 aliphatic carbocycles. The van der Waals surface area contributed by atoms with Crippen molar-refractivity contribution in [3.8, 4) is 0 Å². The quantitative estimate of drug-likeness (QED) is 0.817. The number of amides is 1. The third-order valence-electron chi connectivity index (χ3n) is 3.19. The molecule has 2 heterocycles. The first kappa shape index (κ1) is 13.4. The molecule has 5 nitrogen and oxygen atoms in total. The van der Waals surface area contributed by atoms with Crippen molar-refractivity contribution in [1.82, 2.24) is 20.2 Å². The molecular weight excluding hydrogens is 248 g/mol. The molecule has 1 aromatic rings. The molecule has 1 aromatic heterocycles. The van der Waals surface area contributed by atoms with E-state index in [1.54, 1.807) is 0 Å². The summed E-state index contributed by atoms with van der Waals surface area (Å²) in [5.74, 6) is -0.0218. The molecule has 0 aromatic carbocycles. The first-order valence-electron chi connectivity index (χ1n) is 6.64. The van der Waals surface area contributed by atoms with Crippen LogP contribution >= 0.6 is 11.5 Å². The highest BCUT2D eigenvalue weighted by atomic mass is 32.1. The highest BCUT2D eigenvalue weighted by Gasteiger charge is 2.17. The van der Waals surface area contributed by atoms with E-state index in [1.165, 1.54) is 24.4 Å². The molecular formula is C12H20N4OS. The summed E-state index contributed by atoms with van der Waals surface area (Å²) in [7, 11) is 0. The molecule has 2 N–H and O–H groups in total. The van der Waals surface area contributed by atoms with E-state index in [2.05, 4.69) is 27.1 Å². The molecule has 1 amide bonds. The summed E-state index contributed by atoms with van der Waals surface area (Å²) in [5, 5.41) is 10.4. The average molecular weight is 268 g/mol. The van der Waals surface area contributed by atoms with Crippen LogP contribution in [0, 0.1) is 0 Å². The predicted molar refractivity (Wildman–Crippen MR) is 71.9 cm³/mol. The van der Waals surface area contributed by atoms with Gasteiger partial charge in [0.2, 0.25) is 0 Å². The largest absolute Gasteiger partial charge is 0.351 e. The van der Waals surface area contributed by atoms with Gasteiger partial charge in [-0.1, -0.05) is 17.8 Å². The van der Waals surface area contributed by atoms with E-state index in [-0.39, 0.29) is 5.91 Å². The van der Waals surface area contributed by atoms with E-state index in [0.717, 1.165) is 38.0 Å². The Morgan fingerprint density at radius 2 is 2.50 bits per heavy atom. The van der Waals surface area contributed by atoms with Crippen LogP contribution in [-0.2, 0) is 6.42 Å². The lowest BCUT2D eigenvalue weighted by Gasteiger charge is -2.10. The van der Waals surface area contributed by atoms with Gasteiger partial charge in [0, 0.05) is 12.6 Å². The van der Waals surface area contributed by atoms with Gasteiger partial charge in [0.15, 0.2) is 0 Å². The molecule has 0 saturated carbocycles. The van der Waals surface area contributed by atoms with Crippen LogP contribution < -0.4 is 10.6 Å². The van der Waals surface area contributed by atoms with Crippen molar-refractivity contribution >= 4 is 17.4 Å². The Balaban J connectivity index is 1.77. The molecule has 6 heteroatoms. The highest BCUT2D eigenvalue weighted by Crippen LogP contribution is 2.12. The number of nitrogens with zero attached hydrogens (tertiary/aromatic N) is 2. The van der Waals surface area contributed by atoms with Crippen molar-refractivity contribution in [2.24, 2.45) is 0 Å².